The van der Waals surface area contributed by atoms with Gasteiger partial charge in [-0.05, 0) is 66.5 Å². The topological polar surface area (TPSA) is 6.25 Å². The van der Waals surface area contributed by atoms with Gasteiger partial charge in [-0.25, -0.2) is 4.58 Å². The molecule has 0 unspecified atom stereocenters. The normalized spacial score (nSPS) is 12.6. The Morgan fingerprint density at radius 1 is 0.821 bits per heavy atom. The summed E-state index contributed by atoms with van der Waals surface area (Å²) in [5, 5.41) is 0. The van der Waals surface area contributed by atoms with E-state index in [1.807, 2.05) is 0 Å². The summed E-state index contributed by atoms with van der Waals surface area (Å²) in [6, 6.07) is 17.3. The van der Waals surface area contributed by atoms with Crippen LogP contribution in [-0.4, -0.2) is 37.5 Å². The Morgan fingerprint density at radius 3 is 2.00 bits per heavy atom. The first-order chi connectivity index (χ1) is 13.1. The summed E-state index contributed by atoms with van der Waals surface area (Å²) in [5.41, 5.74) is 7.47. The maximum Gasteiger partial charge on any atom is 0.199 e. The van der Waals surface area contributed by atoms with Crippen LogP contribution in [0.25, 0.3) is 17.2 Å². The first-order valence-electron chi connectivity index (χ1n) is 9.69. The number of hydrogen-bond donors (Lipinski definition) is 0. The van der Waals surface area contributed by atoms with Crippen molar-refractivity contribution in [2.24, 2.45) is 0 Å². The molecule has 0 aliphatic heterocycles. The maximum absolute atomic E-state index is 2.37. The molecule has 0 aromatic heterocycles. The van der Waals surface area contributed by atoms with Crippen molar-refractivity contribution in [1.82, 2.24) is 0 Å². The maximum atomic E-state index is 2.37. The summed E-state index contributed by atoms with van der Waals surface area (Å²) in [4.78, 5) is 2.12. The van der Waals surface area contributed by atoms with E-state index < -0.39 is 0 Å². The average molecular weight is 393 g/mol. The quantitative estimate of drug-likeness (QED) is 0.708. The van der Waals surface area contributed by atoms with Crippen molar-refractivity contribution in [3.05, 3.63) is 84.0 Å². The molecule has 0 atom stereocenters. The van der Waals surface area contributed by atoms with Crippen molar-refractivity contribution in [3.63, 3.8) is 0 Å². The lowest BCUT2D eigenvalue weighted by Crippen LogP contribution is -3.00. The third-order valence-electron chi connectivity index (χ3n) is 5.00. The van der Waals surface area contributed by atoms with Gasteiger partial charge in [-0.1, -0.05) is 36.4 Å². The Balaban J connectivity index is 0.00000280. The van der Waals surface area contributed by atoms with Crippen LogP contribution < -0.4 is 17.3 Å². The fourth-order valence-electron chi connectivity index (χ4n) is 3.37. The van der Waals surface area contributed by atoms with E-state index in [1.165, 1.54) is 33.7 Å². The standard InChI is InChI=1S/C25H29N2.ClH/c1-5-27(6-2)24-15-11-20(12-16-24)19-22-9-7-8-10-25(22)21-13-17-23(18-14-21)26(3)4;/h7-19H,5-6H2,1-4H3;1H/q+1;/p-1. The van der Waals surface area contributed by atoms with Gasteiger partial charge >= 0.3 is 0 Å². The molecule has 1 aliphatic carbocycles. The van der Waals surface area contributed by atoms with Crippen LogP contribution in [0, 0.1) is 0 Å². The molecule has 0 bridgehead atoms. The Morgan fingerprint density at radius 2 is 1.43 bits per heavy atom. The smallest absolute Gasteiger partial charge is 0.199 e. The van der Waals surface area contributed by atoms with Gasteiger partial charge in [0, 0.05) is 31.9 Å². The Bertz CT molecular complexity index is 892. The summed E-state index contributed by atoms with van der Waals surface area (Å²) >= 11 is 0. The highest BCUT2D eigenvalue weighted by atomic mass is 35.5. The number of allylic oxidation sites excluding steroid dienone is 5. The Kier molecular flexibility index (Phi) is 7.83. The molecule has 0 N–H and O–H groups in total. The largest absolute Gasteiger partial charge is 1.00 e. The van der Waals surface area contributed by atoms with Gasteiger partial charge in [0.1, 0.15) is 13.1 Å². The van der Waals surface area contributed by atoms with E-state index in [1.54, 1.807) is 0 Å². The van der Waals surface area contributed by atoms with Gasteiger partial charge < -0.3 is 17.3 Å². The van der Waals surface area contributed by atoms with Crippen molar-refractivity contribution in [3.8, 4) is 11.1 Å². The predicted molar refractivity (Wildman–Crippen MR) is 119 cm³/mol. The summed E-state index contributed by atoms with van der Waals surface area (Å²) in [5.74, 6) is 0. The fourth-order valence-corrected chi connectivity index (χ4v) is 3.37. The molecule has 0 radical (unpaired) electrons. The lowest BCUT2D eigenvalue weighted by atomic mass is 9.96. The van der Waals surface area contributed by atoms with Crippen molar-refractivity contribution in [2.45, 2.75) is 13.8 Å². The SMILES string of the molecule is CC[N+](CC)=C1C=CC(=Cc2ccccc2-c2ccc(N(C)C)cc2)C=C1.[Cl-]. The minimum atomic E-state index is 0. The summed E-state index contributed by atoms with van der Waals surface area (Å²) in [6.45, 7) is 6.46. The summed E-state index contributed by atoms with van der Waals surface area (Å²) < 4.78 is 2.37. The number of halogens is 1. The molecule has 146 valence electrons. The second kappa shape index (κ2) is 10.1. The fraction of sp³-hybridized carbons (Fsp3) is 0.240. The Labute approximate surface area is 175 Å². The van der Waals surface area contributed by atoms with E-state index >= 15 is 0 Å². The van der Waals surface area contributed by atoms with Crippen molar-refractivity contribution >= 4 is 17.5 Å². The van der Waals surface area contributed by atoms with E-state index in [4.69, 9.17) is 0 Å². The number of nitrogens with zero attached hydrogens (tertiary/aromatic N) is 2. The van der Waals surface area contributed by atoms with Gasteiger partial charge in [-0.15, -0.1) is 0 Å². The molecule has 2 aromatic rings. The molecule has 0 spiro atoms. The molecule has 0 fully saturated rings. The summed E-state index contributed by atoms with van der Waals surface area (Å²) in [6.07, 6.45) is 11.1. The van der Waals surface area contributed by atoms with Gasteiger partial charge in [0.2, 0.25) is 0 Å². The van der Waals surface area contributed by atoms with Crippen molar-refractivity contribution in [1.29, 1.82) is 0 Å². The van der Waals surface area contributed by atoms with Gasteiger partial charge in [0.05, 0.1) is 0 Å². The molecule has 0 heterocycles. The van der Waals surface area contributed by atoms with Crippen LogP contribution in [-0.2, 0) is 0 Å². The molecule has 1 aliphatic rings. The molecule has 0 saturated carbocycles. The third-order valence-corrected chi connectivity index (χ3v) is 5.00. The zero-order valence-electron chi connectivity index (χ0n) is 17.2. The van der Waals surface area contributed by atoms with E-state index in [0.29, 0.717) is 0 Å². The van der Waals surface area contributed by atoms with Crippen LogP contribution >= 0.6 is 0 Å². The average Bonchev–Trinajstić information content (AvgIpc) is 2.71. The number of benzene rings is 2. The lowest BCUT2D eigenvalue weighted by Gasteiger charge is -2.14. The van der Waals surface area contributed by atoms with Crippen LogP contribution in [0.5, 0.6) is 0 Å². The minimum absolute atomic E-state index is 0. The van der Waals surface area contributed by atoms with Gasteiger partial charge in [0.15, 0.2) is 5.71 Å². The highest BCUT2D eigenvalue weighted by molar-refractivity contribution is 6.03. The second-order valence-electron chi connectivity index (χ2n) is 6.94. The molecule has 0 amide bonds. The monoisotopic (exact) mass is 392 g/mol. The molecule has 2 nitrogen and oxygen atoms in total. The zero-order chi connectivity index (χ0) is 19.2. The van der Waals surface area contributed by atoms with Gasteiger partial charge in [0.25, 0.3) is 0 Å². The molecule has 28 heavy (non-hydrogen) atoms. The summed E-state index contributed by atoms with van der Waals surface area (Å²) in [7, 11) is 4.14. The number of hydrogen-bond acceptors (Lipinski definition) is 1. The molecular formula is C25H29ClN2. The van der Waals surface area contributed by atoms with Gasteiger partial charge in [-0.2, -0.15) is 0 Å². The predicted octanol–water partition coefficient (Wildman–Crippen LogP) is 2.43. The number of rotatable bonds is 5. The molecular weight excluding hydrogens is 364 g/mol. The van der Waals surface area contributed by atoms with Crippen molar-refractivity contribution < 1.29 is 17.0 Å². The van der Waals surface area contributed by atoms with Gasteiger partial charge in [-0.3, -0.25) is 0 Å². The first-order valence-corrected chi connectivity index (χ1v) is 9.69. The van der Waals surface area contributed by atoms with Crippen LogP contribution in [0.2, 0.25) is 0 Å². The molecule has 2 aromatic carbocycles. The van der Waals surface area contributed by atoms with E-state index in [-0.39, 0.29) is 12.4 Å². The molecule has 0 saturated heterocycles. The highest BCUT2D eigenvalue weighted by Crippen LogP contribution is 2.28. The van der Waals surface area contributed by atoms with E-state index in [0.717, 1.165) is 13.1 Å². The van der Waals surface area contributed by atoms with Crippen LogP contribution in [0.4, 0.5) is 5.69 Å². The van der Waals surface area contributed by atoms with E-state index in [9.17, 15) is 0 Å². The van der Waals surface area contributed by atoms with Crippen LogP contribution in [0.15, 0.2) is 78.4 Å². The van der Waals surface area contributed by atoms with E-state index in [2.05, 4.69) is 116 Å². The van der Waals surface area contributed by atoms with Crippen molar-refractivity contribution in [2.75, 3.05) is 32.1 Å². The highest BCUT2D eigenvalue weighted by Gasteiger charge is 2.09. The van der Waals surface area contributed by atoms with Crippen LogP contribution in [0.3, 0.4) is 0 Å². The number of anilines is 1. The second-order valence-corrected chi connectivity index (χ2v) is 6.94. The molecule has 3 heteroatoms. The minimum Gasteiger partial charge on any atom is -1.00 e. The third kappa shape index (κ3) is 5.02. The van der Waals surface area contributed by atoms with Crippen LogP contribution in [0.1, 0.15) is 19.4 Å². The lowest BCUT2D eigenvalue weighted by molar-refractivity contribution is -0.519. The first kappa shape index (κ1) is 21.7. The molecule has 3 rings (SSSR count). The zero-order valence-corrected chi connectivity index (χ0v) is 17.9. The Hall–Kier alpha value is -2.58.